The Labute approximate surface area is 24.1 Å². The standard InChI is InChI=1S/FH.HO2P/c;1-3-2/h1H;(H,1,2). The van der Waals surface area contributed by atoms with Gasteiger partial charge in [-0.05, 0) is 0 Å². The van der Waals surface area contributed by atoms with Crippen LogP contribution in [0.3, 0.4) is 0 Å². The van der Waals surface area contributed by atoms with Crippen molar-refractivity contribution in [1.29, 1.82) is 0 Å². The summed E-state index contributed by atoms with van der Waals surface area (Å²) >= 11 is 0. The fraction of sp³-hybridized carbons (Fsp3) is 0. The second-order valence-electron chi connectivity index (χ2n) is 0.0816. The van der Waals surface area contributed by atoms with Crippen LogP contribution in [-0.4, -0.2) is 4.89 Å². The second-order valence-corrected chi connectivity index (χ2v) is 0.245. The lowest BCUT2D eigenvalue weighted by Crippen LogP contribution is -1.03. The lowest BCUT2D eigenvalue weighted by atomic mass is 15.9. The quantitative estimate of drug-likeness (QED) is 0.429. The minimum Gasteiger partial charge on any atom is -0.310 e. The predicted octanol–water partition coefficient (Wildman–Crippen LogP) is 0.338. The van der Waals surface area contributed by atoms with E-state index in [1.807, 2.05) is 0 Å². The Morgan fingerprint density at radius 1 is 1.75 bits per heavy atom. The molecule has 26 valence electrons. The van der Waals surface area contributed by atoms with Crippen molar-refractivity contribution in [3.63, 3.8) is 0 Å². The van der Waals surface area contributed by atoms with E-state index in [1.165, 1.54) is 0 Å². The summed E-state index contributed by atoms with van der Waals surface area (Å²) in [5.74, 6) is 0. The largest absolute Gasteiger partial charge is 0.324 e. The van der Waals surface area contributed by atoms with Crippen LogP contribution in [0.25, 0.3) is 0 Å². The number of halogens is 1. The molecule has 0 saturated heterocycles. The first-order valence-electron chi connectivity index (χ1n) is 0.383. The van der Waals surface area contributed by atoms with Crippen molar-refractivity contribution in [1.82, 2.24) is 0 Å². The first-order valence-corrected chi connectivity index (χ1v) is 1.15. The van der Waals surface area contributed by atoms with Gasteiger partial charge in [0, 0.05) is 0 Å². The van der Waals surface area contributed by atoms with Gasteiger partial charge in [-0.1, -0.05) is 0 Å². The second kappa shape index (κ2) is 12.1. The Balaban J connectivity index is 0. The highest BCUT2D eigenvalue weighted by Crippen LogP contribution is 1.66. The Morgan fingerprint density at radius 3 is 1.75 bits per heavy atom. The van der Waals surface area contributed by atoms with Gasteiger partial charge in [-0.15, -0.1) is 0 Å². The molecule has 0 unspecified atom stereocenters. The molecule has 4 heteroatoms. The minimum absolute atomic E-state index is 0. The van der Waals surface area contributed by atoms with Crippen molar-refractivity contribution < 1.29 is 14.2 Å². The molecule has 0 aromatic rings. The lowest BCUT2D eigenvalue weighted by molar-refractivity contribution is 0.524. The van der Waals surface area contributed by atoms with Crippen molar-refractivity contribution in [3.05, 3.63) is 0 Å². The summed E-state index contributed by atoms with van der Waals surface area (Å²) in [6.45, 7) is 0. The number of hydrogen-bond donors (Lipinski definition) is 1. The molecule has 0 fully saturated rings. The Morgan fingerprint density at radius 2 is 1.75 bits per heavy atom. The summed E-state index contributed by atoms with van der Waals surface area (Å²) in [6.07, 6.45) is 0. The third kappa shape index (κ3) is 19500. The molecule has 0 aliphatic carbocycles. The molecule has 0 rings (SSSR count). The smallest absolute Gasteiger partial charge is 0.310 e. The molecule has 0 spiro atoms. The minimum atomic E-state index is -0.833. The maximum absolute atomic E-state index is 8.46. The zero-order valence-corrected chi connectivity index (χ0v) is 2.61. The molecule has 0 saturated carbocycles. The number of hydrogen-bond acceptors (Lipinski definition) is 1. The number of rotatable bonds is 0. The maximum atomic E-state index is 8.46. The molecule has 0 heterocycles. The van der Waals surface area contributed by atoms with Crippen LogP contribution in [0.4, 0.5) is 4.70 Å². The highest BCUT2D eigenvalue weighted by atomic mass is 31.1. The SMILES string of the molecule is F.O=PO. The fourth-order valence-electron chi connectivity index (χ4n) is 0. The topological polar surface area (TPSA) is 37.3 Å². The first kappa shape index (κ1) is 9.01. The molecule has 0 aliphatic heterocycles. The van der Waals surface area contributed by atoms with Gasteiger partial charge in [-0.2, -0.15) is 0 Å². The monoisotopic (exact) mass is 84.0 g/mol. The van der Waals surface area contributed by atoms with Gasteiger partial charge in [0.25, 0.3) is 0 Å². The summed E-state index contributed by atoms with van der Waals surface area (Å²) in [4.78, 5) is 6.99. The molecular weight excluding hydrogens is 82.0 g/mol. The predicted molar refractivity (Wildman–Crippen MR) is 12.3 cm³/mol. The molecule has 2 nitrogen and oxygen atoms in total. The van der Waals surface area contributed by atoms with Gasteiger partial charge in [0.2, 0.25) is 0 Å². The molecule has 0 radical (unpaired) electrons. The van der Waals surface area contributed by atoms with E-state index in [9.17, 15) is 0 Å². The zero-order chi connectivity index (χ0) is 2.71. The van der Waals surface area contributed by atoms with E-state index in [0.29, 0.717) is 0 Å². The van der Waals surface area contributed by atoms with E-state index >= 15 is 0 Å². The van der Waals surface area contributed by atoms with E-state index in [4.69, 9.17) is 9.46 Å². The van der Waals surface area contributed by atoms with E-state index in [2.05, 4.69) is 0 Å². The van der Waals surface area contributed by atoms with Crippen LogP contribution < -0.4 is 0 Å². The van der Waals surface area contributed by atoms with Gasteiger partial charge >= 0.3 is 8.69 Å². The van der Waals surface area contributed by atoms with Crippen LogP contribution >= 0.6 is 8.69 Å². The average molecular weight is 84.0 g/mol. The van der Waals surface area contributed by atoms with Gasteiger partial charge in [0.1, 0.15) is 0 Å². The van der Waals surface area contributed by atoms with E-state index in [1.54, 1.807) is 0 Å². The van der Waals surface area contributed by atoms with Gasteiger partial charge in [-0.3, -0.25) is 4.70 Å². The van der Waals surface area contributed by atoms with Crippen molar-refractivity contribution in [3.8, 4) is 0 Å². The van der Waals surface area contributed by atoms with Gasteiger partial charge in [0.05, 0.1) is 0 Å². The van der Waals surface area contributed by atoms with Crippen LogP contribution in [0.15, 0.2) is 0 Å². The average Bonchev–Trinajstić information content (AvgIpc) is 0.918. The van der Waals surface area contributed by atoms with Crippen molar-refractivity contribution in [2.75, 3.05) is 0 Å². The van der Waals surface area contributed by atoms with Crippen LogP contribution in [-0.2, 0) is 4.57 Å². The third-order valence-corrected chi connectivity index (χ3v) is 0. The fourth-order valence-corrected chi connectivity index (χ4v) is 0. The summed E-state index contributed by atoms with van der Waals surface area (Å²) < 4.78 is 8.46. The first-order chi connectivity index (χ1) is 1.41. The van der Waals surface area contributed by atoms with Crippen molar-refractivity contribution in [2.45, 2.75) is 0 Å². The molecule has 0 aromatic heterocycles. The normalized spacial score (nSPS) is 5.25. The molecule has 0 atom stereocenters. The van der Waals surface area contributed by atoms with Crippen LogP contribution in [0.1, 0.15) is 0 Å². The Bertz CT molecular complexity index is 13.5. The third-order valence-electron chi connectivity index (χ3n) is 0. The van der Waals surface area contributed by atoms with E-state index < -0.39 is 8.69 Å². The van der Waals surface area contributed by atoms with Crippen LogP contribution in [0.2, 0.25) is 0 Å². The van der Waals surface area contributed by atoms with E-state index in [-0.39, 0.29) is 4.70 Å². The summed E-state index contributed by atoms with van der Waals surface area (Å²) in [5.41, 5.74) is 0. The lowest BCUT2D eigenvalue weighted by Gasteiger charge is -1.24. The molecular formula is H2FO2P. The molecule has 0 aliphatic rings. The highest BCUT2D eigenvalue weighted by Gasteiger charge is 1.28. The Kier molecular flexibility index (Phi) is 27.2. The zero-order valence-electron chi connectivity index (χ0n) is 1.71. The highest BCUT2D eigenvalue weighted by molar-refractivity contribution is 7.16. The molecule has 0 aromatic carbocycles. The van der Waals surface area contributed by atoms with Crippen LogP contribution in [0.5, 0.6) is 0 Å². The van der Waals surface area contributed by atoms with Gasteiger partial charge in [0.15, 0.2) is 0 Å². The summed E-state index contributed by atoms with van der Waals surface area (Å²) in [7, 11) is -0.833. The molecule has 0 bridgehead atoms. The van der Waals surface area contributed by atoms with Gasteiger partial charge in [-0.25, -0.2) is 4.57 Å². The molecule has 1 N–H and O–H groups in total. The molecule has 0 amide bonds. The van der Waals surface area contributed by atoms with Gasteiger partial charge < -0.3 is 4.89 Å². The summed E-state index contributed by atoms with van der Waals surface area (Å²) in [5, 5.41) is 0. The van der Waals surface area contributed by atoms with Crippen molar-refractivity contribution in [2.24, 2.45) is 0 Å². The molecule has 4 heavy (non-hydrogen) atoms. The Hall–Kier alpha value is -0.0100. The van der Waals surface area contributed by atoms with E-state index in [0.717, 1.165) is 0 Å². The summed E-state index contributed by atoms with van der Waals surface area (Å²) in [6, 6.07) is 0. The van der Waals surface area contributed by atoms with Crippen molar-refractivity contribution >= 4 is 8.69 Å². The van der Waals surface area contributed by atoms with Crippen LogP contribution in [0, 0.1) is 0 Å². The maximum Gasteiger partial charge on any atom is 0.324 e.